The van der Waals surface area contributed by atoms with E-state index in [1.165, 1.54) is 12.0 Å². The standard InChI is InChI=1S/C13H14ClN3O4/c1-21-10-3-2-8(14)6-9(10)17-5-4-16(7-11(15)18)12(19)13(17)20/h2-3,6H,4-5,7H2,1H3,(H2,15,18). The SMILES string of the molecule is COc1ccc(Cl)cc1N1CCN(CC(N)=O)C(=O)C1=O. The van der Waals surface area contributed by atoms with Gasteiger partial charge in [-0.3, -0.25) is 19.3 Å². The highest BCUT2D eigenvalue weighted by Gasteiger charge is 2.35. The average molecular weight is 312 g/mol. The fraction of sp³-hybridized carbons (Fsp3) is 0.308. The Kier molecular flexibility index (Phi) is 4.32. The van der Waals surface area contributed by atoms with E-state index in [4.69, 9.17) is 22.1 Å². The maximum atomic E-state index is 12.2. The highest BCUT2D eigenvalue weighted by Crippen LogP contribution is 2.32. The molecule has 112 valence electrons. The van der Waals surface area contributed by atoms with Crippen LogP contribution < -0.4 is 15.4 Å². The van der Waals surface area contributed by atoms with Gasteiger partial charge in [-0.25, -0.2) is 0 Å². The second-order valence-corrected chi connectivity index (χ2v) is 4.90. The Labute approximate surface area is 126 Å². The maximum Gasteiger partial charge on any atom is 0.316 e. The van der Waals surface area contributed by atoms with Crippen molar-refractivity contribution in [3.05, 3.63) is 23.2 Å². The van der Waals surface area contributed by atoms with Gasteiger partial charge < -0.3 is 15.4 Å². The first-order chi connectivity index (χ1) is 9.93. The Balaban J connectivity index is 2.28. The van der Waals surface area contributed by atoms with E-state index in [0.717, 1.165) is 4.90 Å². The van der Waals surface area contributed by atoms with Crippen LogP contribution in [-0.2, 0) is 14.4 Å². The van der Waals surface area contributed by atoms with Crippen LogP contribution in [0.4, 0.5) is 5.69 Å². The first-order valence-corrected chi connectivity index (χ1v) is 6.54. The third-order valence-corrected chi connectivity index (χ3v) is 3.32. The molecule has 0 aliphatic carbocycles. The minimum atomic E-state index is -0.776. The Bertz CT molecular complexity index is 605. The number of nitrogens with zero attached hydrogens (tertiary/aromatic N) is 2. The van der Waals surface area contributed by atoms with Gasteiger partial charge in [-0.1, -0.05) is 11.6 Å². The van der Waals surface area contributed by atoms with Gasteiger partial charge in [-0.2, -0.15) is 0 Å². The van der Waals surface area contributed by atoms with Gasteiger partial charge >= 0.3 is 11.8 Å². The monoisotopic (exact) mass is 311 g/mol. The number of rotatable bonds is 4. The maximum absolute atomic E-state index is 12.2. The van der Waals surface area contributed by atoms with Gasteiger partial charge in [0.05, 0.1) is 19.3 Å². The predicted octanol–water partition coefficient (Wildman–Crippen LogP) is 0.00910. The molecule has 21 heavy (non-hydrogen) atoms. The predicted molar refractivity (Wildman–Crippen MR) is 76.1 cm³/mol. The smallest absolute Gasteiger partial charge is 0.316 e. The molecule has 8 heteroatoms. The topological polar surface area (TPSA) is 92.9 Å². The molecule has 0 radical (unpaired) electrons. The van der Waals surface area contributed by atoms with Crippen molar-refractivity contribution >= 4 is 35.0 Å². The lowest BCUT2D eigenvalue weighted by atomic mass is 10.2. The summed E-state index contributed by atoms with van der Waals surface area (Å²) in [4.78, 5) is 37.5. The van der Waals surface area contributed by atoms with Gasteiger partial charge in [0.2, 0.25) is 5.91 Å². The summed E-state index contributed by atoms with van der Waals surface area (Å²) in [5.74, 6) is -1.75. The molecule has 1 fully saturated rings. The van der Waals surface area contributed by atoms with Crippen LogP contribution >= 0.6 is 11.6 Å². The fourth-order valence-corrected chi connectivity index (χ4v) is 2.28. The number of nitrogens with two attached hydrogens (primary N) is 1. The Hall–Kier alpha value is -2.28. The molecule has 0 unspecified atom stereocenters. The van der Waals surface area contributed by atoms with Gasteiger partial charge in [0, 0.05) is 18.1 Å². The van der Waals surface area contributed by atoms with Crippen LogP contribution in [0.25, 0.3) is 0 Å². The van der Waals surface area contributed by atoms with Crippen LogP contribution in [0.5, 0.6) is 5.75 Å². The molecule has 1 saturated heterocycles. The molecule has 0 saturated carbocycles. The molecule has 1 aliphatic rings. The van der Waals surface area contributed by atoms with E-state index in [1.54, 1.807) is 18.2 Å². The zero-order chi connectivity index (χ0) is 15.6. The van der Waals surface area contributed by atoms with E-state index in [0.29, 0.717) is 16.5 Å². The number of primary amides is 1. The summed E-state index contributed by atoms with van der Waals surface area (Å²) in [5.41, 5.74) is 5.47. The van der Waals surface area contributed by atoms with Crippen LogP contribution in [0, 0.1) is 0 Å². The molecule has 0 atom stereocenters. The number of amides is 3. The van der Waals surface area contributed by atoms with Gasteiger partial charge in [-0.15, -0.1) is 0 Å². The number of ether oxygens (including phenoxy) is 1. The number of halogens is 1. The Morgan fingerprint density at radius 3 is 2.67 bits per heavy atom. The van der Waals surface area contributed by atoms with E-state index in [9.17, 15) is 14.4 Å². The van der Waals surface area contributed by atoms with Crippen molar-refractivity contribution in [1.29, 1.82) is 0 Å². The van der Waals surface area contributed by atoms with Crippen molar-refractivity contribution in [1.82, 2.24) is 4.90 Å². The van der Waals surface area contributed by atoms with Crippen molar-refractivity contribution < 1.29 is 19.1 Å². The number of benzene rings is 1. The van der Waals surface area contributed by atoms with Crippen LogP contribution in [0.1, 0.15) is 0 Å². The summed E-state index contributed by atoms with van der Waals surface area (Å²) >= 11 is 5.92. The lowest BCUT2D eigenvalue weighted by Gasteiger charge is -2.33. The summed E-state index contributed by atoms with van der Waals surface area (Å²) < 4.78 is 5.18. The number of methoxy groups -OCH3 is 1. The van der Waals surface area contributed by atoms with Gasteiger partial charge in [0.25, 0.3) is 0 Å². The number of hydrogen-bond acceptors (Lipinski definition) is 4. The third kappa shape index (κ3) is 3.08. The highest BCUT2D eigenvalue weighted by molar-refractivity contribution is 6.41. The summed E-state index contributed by atoms with van der Waals surface area (Å²) in [6, 6.07) is 4.79. The van der Waals surface area contributed by atoms with Crippen LogP contribution in [0.2, 0.25) is 5.02 Å². The second kappa shape index (κ2) is 6.01. The summed E-state index contributed by atoms with van der Waals surface area (Å²) in [7, 11) is 1.46. The summed E-state index contributed by atoms with van der Waals surface area (Å²) in [6.45, 7) is 0.169. The van der Waals surface area contributed by atoms with E-state index in [-0.39, 0.29) is 19.6 Å². The minimum absolute atomic E-state index is 0.211. The molecule has 0 aromatic heterocycles. The summed E-state index contributed by atoms with van der Waals surface area (Å²) in [5, 5.41) is 0.422. The van der Waals surface area contributed by atoms with E-state index in [2.05, 4.69) is 0 Å². The van der Waals surface area contributed by atoms with Crippen molar-refractivity contribution in [2.45, 2.75) is 0 Å². The van der Waals surface area contributed by atoms with E-state index < -0.39 is 17.7 Å². The molecule has 7 nitrogen and oxygen atoms in total. The minimum Gasteiger partial charge on any atom is -0.495 e. The highest BCUT2D eigenvalue weighted by atomic mass is 35.5. The third-order valence-electron chi connectivity index (χ3n) is 3.09. The molecule has 1 aromatic rings. The van der Waals surface area contributed by atoms with Crippen molar-refractivity contribution in [2.75, 3.05) is 31.6 Å². The normalized spacial score (nSPS) is 15.3. The van der Waals surface area contributed by atoms with Crippen LogP contribution in [0.15, 0.2) is 18.2 Å². The Morgan fingerprint density at radius 1 is 1.33 bits per heavy atom. The molecule has 1 aromatic carbocycles. The largest absolute Gasteiger partial charge is 0.495 e. The Morgan fingerprint density at radius 2 is 2.05 bits per heavy atom. The van der Waals surface area contributed by atoms with E-state index in [1.807, 2.05) is 0 Å². The van der Waals surface area contributed by atoms with Gasteiger partial charge in [0.15, 0.2) is 0 Å². The fourth-order valence-electron chi connectivity index (χ4n) is 2.12. The van der Waals surface area contributed by atoms with Crippen molar-refractivity contribution in [2.24, 2.45) is 5.73 Å². The first-order valence-electron chi connectivity index (χ1n) is 6.16. The number of hydrogen-bond donors (Lipinski definition) is 1. The van der Waals surface area contributed by atoms with E-state index >= 15 is 0 Å². The number of anilines is 1. The molecular weight excluding hydrogens is 298 g/mol. The first kappa shape index (κ1) is 15.1. The lowest BCUT2D eigenvalue weighted by molar-refractivity contribution is -0.147. The molecule has 3 amide bonds. The lowest BCUT2D eigenvalue weighted by Crippen LogP contribution is -2.56. The number of piperazine rings is 1. The average Bonchev–Trinajstić information content (AvgIpc) is 2.44. The zero-order valence-electron chi connectivity index (χ0n) is 11.3. The van der Waals surface area contributed by atoms with Crippen LogP contribution in [0.3, 0.4) is 0 Å². The number of carbonyl (C=O) groups is 3. The molecule has 1 heterocycles. The zero-order valence-corrected chi connectivity index (χ0v) is 12.1. The molecule has 2 rings (SSSR count). The molecular formula is C13H14ClN3O4. The van der Waals surface area contributed by atoms with Crippen molar-refractivity contribution in [3.63, 3.8) is 0 Å². The number of carbonyl (C=O) groups excluding carboxylic acids is 3. The molecule has 0 spiro atoms. The molecule has 0 bridgehead atoms. The quantitative estimate of drug-likeness (QED) is 0.793. The van der Waals surface area contributed by atoms with Gasteiger partial charge in [0.1, 0.15) is 5.75 Å². The molecule has 2 N–H and O–H groups in total. The van der Waals surface area contributed by atoms with Gasteiger partial charge in [-0.05, 0) is 18.2 Å². The summed E-state index contributed by atoms with van der Waals surface area (Å²) in [6.07, 6.45) is 0. The van der Waals surface area contributed by atoms with Crippen molar-refractivity contribution in [3.8, 4) is 5.75 Å². The van der Waals surface area contributed by atoms with Crippen LogP contribution in [-0.4, -0.2) is 49.4 Å². The second-order valence-electron chi connectivity index (χ2n) is 4.47. The molecule has 1 aliphatic heterocycles.